The molecule has 0 aliphatic heterocycles. The normalized spacial score (nSPS) is 11.8. The molecule has 6 heteroatoms. The maximum atomic E-state index is 12.0. The van der Waals surface area contributed by atoms with Crippen LogP contribution in [-0.2, 0) is 14.6 Å². The highest BCUT2D eigenvalue weighted by Crippen LogP contribution is 2.24. The lowest BCUT2D eigenvalue weighted by molar-refractivity contribution is 0.211. The average Bonchev–Trinajstić information content (AvgIpc) is 2.31. The quantitative estimate of drug-likeness (QED) is 0.606. The predicted molar refractivity (Wildman–Crippen MR) is 73.5 cm³/mol. The molecule has 0 saturated carbocycles. The number of nitrogens with one attached hydrogen (secondary N) is 1. The minimum Gasteiger partial charge on any atom is -0.397 e. The summed E-state index contributed by atoms with van der Waals surface area (Å²) in [6.07, 6.45) is 0. The van der Waals surface area contributed by atoms with E-state index in [1.165, 1.54) is 6.07 Å². The summed E-state index contributed by atoms with van der Waals surface area (Å²) in [6.45, 7) is 4.48. The molecule has 0 atom stereocenters. The van der Waals surface area contributed by atoms with Crippen LogP contribution in [0.25, 0.3) is 0 Å². The van der Waals surface area contributed by atoms with Gasteiger partial charge in [0.25, 0.3) is 0 Å². The molecule has 0 unspecified atom stereocenters. The number of benzene rings is 1. The van der Waals surface area contributed by atoms with E-state index in [4.69, 9.17) is 10.5 Å². The summed E-state index contributed by atoms with van der Waals surface area (Å²) in [5, 5.41) is 2.62. The molecule has 0 saturated heterocycles. The molecule has 0 aliphatic carbocycles. The molecule has 102 valence electrons. The number of methoxy groups -OCH3 is 1. The van der Waals surface area contributed by atoms with Crippen molar-refractivity contribution in [1.29, 1.82) is 0 Å². The largest absolute Gasteiger partial charge is 0.397 e. The van der Waals surface area contributed by atoms with Crippen molar-refractivity contribution in [2.24, 2.45) is 0 Å². The molecule has 1 aromatic rings. The Hall–Kier alpha value is -1.27. The van der Waals surface area contributed by atoms with Crippen LogP contribution in [-0.4, -0.2) is 33.9 Å². The van der Waals surface area contributed by atoms with E-state index >= 15 is 0 Å². The highest BCUT2D eigenvalue weighted by Gasteiger charge is 2.19. The van der Waals surface area contributed by atoms with Crippen LogP contribution in [0, 0.1) is 0 Å². The molecule has 0 spiro atoms. The van der Waals surface area contributed by atoms with Gasteiger partial charge in [-0.05, 0) is 32.0 Å². The van der Waals surface area contributed by atoms with Gasteiger partial charge in [0.15, 0.2) is 9.84 Å². The predicted octanol–water partition coefficient (Wildman–Crippen LogP) is 1.51. The summed E-state index contributed by atoms with van der Waals surface area (Å²) in [5.74, 6) is 0. The minimum atomic E-state index is -3.27. The number of ether oxygens (including phenoxy) is 1. The van der Waals surface area contributed by atoms with Crippen molar-refractivity contribution < 1.29 is 13.2 Å². The highest BCUT2D eigenvalue weighted by molar-refractivity contribution is 7.92. The summed E-state index contributed by atoms with van der Waals surface area (Å²) in [7, 11) is -1.66. The average molecular weight is 272 g/mol. The van der Waals surface area contributed by atoms with Gasteiger partial charge in [0.05, 0.1) is 28.1 Å². The van der Waals surface area contributed by atoms with Crippen LogP contribution in [0.1, 0.15) is 13.8 Å². The van der Waals surface area contributed by atoms with E-state index in [0.29, 0.717) is 18.8 Å². The number of nitrogen functional groups attached to an aromatic ring is 1. The van der Waals surface area contributed by atoms with Crippen LogP contribution in [0.2, 0.25) is 0 Å². The summed E-state index contributed by atoms with van der Waals surface area (Å²) in [5.41, 5.74) is 6.97. The standard InChI is InChI=1S/C12H20N2O3S/c1-9(2)18(15,16)10-4-5-12(11(13)8-10)14-6-7-17-3/h4-5,8-9,14H,6-7,13H2,1-3H3. The van der Waals surface area contributed by atoms with Gasteiger partial charge in [-0.2, -0.15) is 0 Å². The van der Waals surface area contributed by atoms with Crippen molar-refractivity contribution in [2.75, 3.05) is 31.3 Å². The molecule has 0 heterocycles. The molecule has 1 rings (SSSR count). The van der Waals surface area contributed by atoms with Gasteiger partial charge in [-0.3, -0.25) is 0 Å². The first kappa shape index (κ1) is 14.8. The summed E-state index contributed by atoms with van der Waals surface area (Å²) >= 11 is 0. The smallest absolute Gasteiger partial charge is 0.180 e. The number of hydrogen-bond donors (Lipinski definition) is 2. The van der Waals surface area contributed by atoms with Gasteiger partial charge in [-0.25, -0.2) is 8.42 Å². The van der Waals surface area contributed by atoms with Crippen molar-refractivity contribution in [3.63, 3.8) is 0 Å². The van der Waals surface area contributed by atoms with Gasteiger partial charge >= 0.3 is 0 Å². The van der Waals surface area contributed by atoms with Crippen LogP contribution in [0.15, 0.2) is 23.1 Å². The Bertz CT molecular complexity index is 498. The van der Waals surface area contributed by atoms with Crippen molar-refractivity contribution in [3.05, 3.63) is 18.2 Å². The highest BCUT2D eigenvalue weighted by atomic mass is 32.2. The number of rotatable bonds is 6. The fraction of sp³-hybridized carbons (Fsp3) is 0.500. The van der Waals surface area contributed by atoms with Gasteiger partial charge in [-0.1, -0.05) is 0 Å². The molecule has 3 N–H and O–H groups in total. The lowest BCUT2D eigenvalue weighted by atomic mass is 10.2. The second-order valence-electron chi connectivity index (χ2n) is 4.26. The Morgan fingerprint density at radius 1 is 1.39 bits per heavy atom. The van der Waals surface area contributed by atoms with Gasteiger partial charge in [0.1, 0.15) is 0 Å². The first-order chi connectivity index (χ1) is 8.39. The van der Waals surface area contributed by atoms with Crippen LogP contribution < -0.4 is 11.1 Å². The van der Waals surface area contributed by atoms with E-state index < -0.39 is 15.1 Å². The third kappa shape index (κ3) is 3.36. The van der Waals surface area contributed by atoms with Crippen molar-refractivity contribution in [3.8, 4) is 0 Å². The lowest BCUT2D eigenvalue weighted by Crippen LogP contribution is -2.15. The van der Waals surface area contributed by atoms with E-state index in [-0.39, 0.29) is 4.90 Å². The fourth-order valence-corrected chi connectivity index (χ4v) is 2.53. The minimum absolute atomic E-state index is 0.257. The second kappa shape index (κ2) is 6.06. The maximum absolute atomic E-state index is 12.0. The molecule has 0 aromatic heterocycles. The second-order valence-corrected chi connectivity index (χ2v) is 6.77. The molecule has 0 radical (unpaired) electrons. The van der Waals surface area contributed by atoms with Crippen LogP contribution in [0.4, 0.5) is 11.4 Å². The Morgan fingerprint density at radius 2 is 2.06 bits per heavy atom. The molecule has 0 aliphatic rings. The van der Waals surface area contributed by atoms with Gasteiger partial charge < -0.3 is 15.8 Å². The molecule has 5 nitrogen and oxygen atoms in total. The Kier molecular flexibility index (Phi) is 4.98. The summed E-state index contributed by atoms with van der Waals surface area (Å²) in [6, 6.07) is 4.74. The van der Waals surface area contributed by atoms with Gasteiger partial charge in [0, 0.05) is 13.7 Å². The Labute approximate surface area is 108 Å². The van der Waals surface area contributed by atoms with Gasteiger partial charge in [-0.15, -0.1) is 0 Å². The maximum Gasteiger partial charge on any atom is 0.180 e. The molecule has 0 bridgehead atoms. The molecule has 1 aromatic carbocycles. The van der Waals surface area contributed by atoms with Crippen LogP contribution in [0.5, 0.6) is 0 Å². The topological polar surface area (TPSA) is 81.4 Å². The molecular formula is C12H20N2O3S. The van der Waals surface area contributed by atoms with E-state index in [2.05, 4.69) is 5.32 Å². The Balaban J connectivity index is 2.93. The molecule has 18 heavy (non-hydrogen) atoms. The Morgan fingerprint density at radius 3 is 2.56 bits per heavy atom. The number of hydrogen-bond acceptors (Lipinski definition) is 5. The zero-order chi connectivity index (χ0) is 13.8. The number of anilines is 2. The van der Waals surface area contributed by atoms with Crippen LogP contribution in [0.3, 0.4) is 0 Å². The lowest BCUT2D eigenvalue weighted by Gasteiger charge is -2.12. The monoisotopic (exact) mass is 272 g/mol. The molecule has 0 fully saturated rings. The molecular weight excluding hydrogens is 252 g/mol. The van der Waals surface area contributed by atoms with E-state index in [1.54, 1.807) is 33.1 Å². The fourth-order valence-electron chi connectivity index (χ4n) is 1.44. The van der Waals surface area contributed by atoms with E-state index in [0.717, 1.165) is 5.69 Å². The van der Waals surface area contributed by atoms with E-state index in [1.807, 2.05) is 0 Å². The zero-order valence-electron chi connectivity index (χ0n) is 10.9. The third-order valence-electron chi connectivity index (χ3n) is 2.59. The third-order valence-corrected chi connectivity index (χ3v) is 4.75. The first-order valence-corrected chi connectivity index (χ1v) is 7.30. The number of sulfone groups is 1. The van der Waals surface area contributed by atoms with E-state index in [9.17, 15) is 8.42 Å². The van der Waals surface area contributed by atoms with Crippen molar-refractivity contribution >= 4 is 21.2 Å². The van der Waals surface area contributed by atoms with Crippen molar-refractivity contribution in [2.45, 2.75) is 24.0 Å². The first-order valence-electron chi connectivity index (χ1n) is 5.76. The van der Waals surface area contributed by atoms with Gasteiger partial charge in [0.2, 0.25) is 0 Å². The summed E-state index contributed by atoms with van der Waals surface area (Å²) < 4.78 is 28.8. The SMILES string of the molecule is COCCNc1ccc(S(=O)(=O)C(C)C)cc1N. The number of nitrogens with two attached hydrogens (primary N) is 1. The molecule has 0 amide bonds. The van der Waals surface area contributed by atoms with Crippen LogP contribution >= 0.6 is 0 Å². The summed E-state index contributed by atoms with van der Waals surface area (Å²) in [4.78, 5) is 0.257. The van der Waals surface area contributed by atoms with Crippen molar-refractivity contribution in [1.82, 2.24) is 0 Å². The zero-order valence-corrected chi connectivity index (χ0v) is 11.8.